The van der Waals surface area contributed by atoms with Gasteiger partial charge in [0, 0.05) is 17.5 Å². The second kappa shape index (κ2) is 4.75. The Labute approximate surface area is 115 Å². The van der Waals surface area contributed by atoms with Crippen molar-refractivity contribution in [1.29, 1.82) is 0 Å². The van der Waals surface area contributed by atoms with E-state index in [4.69, 9.17) is 5.73 Å². The smallest absolute Gasteiger partial charge is 0.256 e. The molecule has 2 aromatic rings. The minimum atomic E-state index is -0.0975. The number of nitrogens with two attached hydrogens (primary N) is 1. The number of aryl methyl sites for hydroxylation is 1. The zero-order chi connectivity index (χ0) is 13.4. The number of rotatable bonds is 3. The Kier molecular flexibility index (Phi) is 3.08. The maximum absolute atomic E-state index is 12.1. The molecule has 3 rings (SSSR count). The maximum Gasteiger partial charge on any atom is 0.256 e. The second-order valence-electron chi connectivity index (χ2n) is 4.83. The van der Waals surface area contributed by atoms with Crippen LogP contribution < -0.4 is 11.1 Å². The molecule has 0 radical (unpaired) electrons. The van der Waals surface area contributed by atoms with Gasteiger partial charge in [-0.1, -0.05) is 12.1 Å². The van der Waals surface area contributed by atoms with Crippen LogP contribution in [0.1, 0.15) is 33.3 Å². The van der Waals surface area contributed by atoms with Crippen LogP contribution >= 0.6 is 11.3 Å². The van der Waals surface area contributed by atoms with Crippen LogP contribution in [0.4, 0.5) is 5.00 Å². The van der Waals surface area contributed by atoms with Crippen LogP contribution in [0.15, 0.2) is 30.5 Å². The van der Waals surface area contributed by atoms with Crippen molar-refractivity contribution in [3.63, 3.8) is 0 Å². The minimum Gasteiger partial charge on any atom is -0.327 e. The zero-order valence-electron chi connectivity index (χ0n) is 10.6. The number of thiazole rings is 1. The third kappa shape index (κ3) is 2.67. The number of carbonyl (C=O) groups is 1. The summed E-state index contributed by atoms with van der Waals surface area (Å²) in [4.78, 5) is 16.3. The van der Waals surface area contributed by atoms with Crippen LogP contribution in [0.5, 0.6) is 0 Å². The minimum absolute atomic E-state index is 0.0975. The number of carbonyl (C=O) groups excluding carboxylic acids is 1. The molecule has 1 aromatic carbocycles. The summed E-state index contributed by atoms with van der Waals surface area (Å²) in [6, 6.07) is 7.95. The molecule has 98 valence electrons. The molecule has 1 heterocycles. The zero-order valence-corrected chi connectivity index (χ0v) is 11.4. The van der Waals surface area contributed by atoms with Crippen LogP contribution in [-0.4, -0.2) is 16.9 Å². The summed E-state index contributed by atoms with van der Waals surface area (Å²) in [5.74, 6) is 0.318. The predicted molar refractivity (Wildman–Crippen MR) is 76.6 cm³/mol. The fourth-order valence-electron chi connectivity index (χ4n) is 2.11. The Morgan fingerprint density at radius 2 is 2.32 bits per heavy atom. The van der Waals surface area contributed by atoms with Crippen LogP contribution in [0.3, 0.4) is 0 Å². The van der Waals surface area contributed by atoms with Crippen molar-refractivity contribution in [3.05, 3.63) is 46.6 Å². The van der Waals surface area contributed by atoms with E-state index < -0.39 is 0 Å². The first-order valence-electron chi connectivity index (χ1n) is 6.23. The van der Waals surface area contributed by atoms with Gasteiger partial charge in [0.25, 0.3) is 5.91 Å². The third-order valence-corrected chi connectivity index (χ3v) is 4.10. The average Bonchev–Trinajstić information content (AvgIpc) is 3.00. The second-order valence-corrected chi connectivity index (χ2v) is 6.06. The van der Waals surface area contributed by atoms with Crippen molar-refractivity contribution in [3.8, 4) is 0 Å². The van der Waals surface area contributed by atoms with Crippen LogP contribution in [0, 0.1) is 6.92 Å². The van der Waals surface area contributed by atoms with E-state index in [9.17, 15) is 4.79 Å². The van der Waals surface area contributed by atoms with E-state index in [1.165, 1.54) is 11.3 Å². The summed E-state index contributed by atoms with van der Waals surface area (Å²) in [7, 11) is 0. The third-order valence-electron chi connectivity index (χ3n) is 3.27. The molecule has 0 saturated heterocycles. The summed E-state index contributed by atoms with van der Waals surface area (Å²) >= 11 is 1.47. The lowest BCUT2D eigenvalue weighted by molar-refractivity contribution is 0.102. The quantitative estimate of drug-likeness (QED) is 0.903. The summed E-state index contributed by atoms with van der Waals surface area (Å²) in [6.45, 7) is 1.91. The molecule has 3 N–H and O–H groups in total. The lowest BCUT2D eigenvalue weighted by Gasteiger charge is -2.04. The van der Waals surface area contributed by atoms with Crippen LogP contribution in [-0.2, 0) is 0 Å². The first kappa shape index (κ1) is 12.3. The van der Waals surface area contributed by atoms with Crippen molar-refractivity contribution in [2.45, 2.75) is 25.3 Å². The summed E-state index contributed by atoms with van der Waals surface area (Å²) in [5.41, 5.74) is 7.67. The highest BCUT2D eigenvalue weighted by atomic mass is 32.1. The molecule has 2 unspecified atom stereocenters. The van der Waals surface area contributed by atoms with E-state index in [0.717, 1.165) is 22.0 Å². The van der Waals surface area contributed by atoms with Gasteiger partial charge in [-0.3, -0.25) is 4.79 Å². The molecule has 1 aliphatic carbocycles. The molecule has 1 fully saturated rings. The molecule has 0 spiro atoms. The van der Waals surface area contributed by atoms with Gasteiger partial charge < -0.3 is 11.1 Å². The molecule has 1 amide bonds. The number of amides is 1. The predicted octanol–water partition coefficient (Wildman–Crippen LogP) is 2.52. The van der Waals surface area contributed by atoms with Crippen molar-refractivity contribution >= 4 is 22.2 Å². The molecular formula is C14H15N3OS. The molecule has 2 atom stereocenters. The van der Waals surface area contributed by atoms with Gasteiger partial charge in [-0.2, -0.15) is 0 Å². The molecule has 1 aliphatic rings. The van der Waals surface area contributed by atoms with Crippen LogP contribution in [0.25, 0.3) is 0 Å². The number of anilines is 1. The highest BCUT2D eigenvalue weighted by Gasteiger charge is 2.34. The van der Waals surface area contributed by atoms with E-state index >= 15 is 0 Å². The Hall–Kier alpha value is -1.72. The highest BCUT2D eigenvalue weighted by Crippen LogP contribution is 2.39. The molecule has 1 saturated carbocycles. The van der Waals surface area contributed by atoms with Gasteiger partial charge >= 0.3 is 0 Å². The monoisotopic (exact) mass is 273 g/mol. The number of nitrogens with zero attached hydrogens (tertiary/aromatic N) is 1. The fourth-order valence-corrected chi connectivity index (χ4v) is 2.78. The first-order valence-corrected chi connectivity index (χ1v) is 7.04. The Morgan fingerprint density at radius 1 is 1.53 bits per heavy atom. The largest absolute Gasteiger partial charge is 0.327 e. The van der Waals surface area contributed by atoms with E-state index in [-0.39, 0.29) is 11.9 Å². The van der Waals surface area contributed by atoms with Gasteiger partial charge in [-0.15, -0.1) is 11.3 Å². The Balaban J connectivity index is 1.76. The summed E-state index contributed by atoms with van der Waals surface area (Å²) < 4.78 is 0. The van der Waals surface area contributed by atoms with E-state index in [0.29, 0.717) is 11.5 Å². The van der Waals surface area contributed by atoms with Crippen molar-refractivity contribution in [2.75, 3.05) is 5.32 Å². The van der Waals surface area contributed by atoms with Gasteiger partial charge in [0.2, 0.25) is 0 Å². The molecule has 4 nitrogen and oxygen atoms in total. The van der Waals surface area contributed by atoms with E-state index in [2.05, 4.69) is 10.3 Å². The van der Waals surface area contributed by atoms with Crippen molar-refractivity contribution in [1.82, 2.24) is 4.98 Å². The van der Waals surface area contributed by atoms with Gasteiger partial charge in [-0.05, 0) is 31.0 Å². The number of nitrogens with one attached hydrogen (secondary N) is 1. The molecule has 5 heteroatoms. The topological polar surface area (TPSA) is 68.0 Å². The Bertz CT molecular complexity index is 623. The SMILES string of the molecule is Cc1ncc(NC(=O)c2cccc(C3CC3N)c2)s1. The molecule has 1 aromatic heterocycles. The number of benzene rings is 1. The summed E-state index contributed by atoms with van der Waals surface area (Å²) in [6.07, 6.45) is 2.69. The standard InChI is InChI=1S/C14H15N3OS/c1-8-16-7-13(19-8)17-14(18)10-4-2-3-9(5-10)11-6-12(11)15/h2-5,7,11-12H,6,15H2,1H3,(H,17,18). The lowest BCUT2D eigenvalue weighted by atomic mass is 10.1. The molecule has 0 aliphatic heterocycles. The highest BCUT2D eigenvalue weighted by molar-refractivity contribution is 7.15. The number of aromatic nitrogens is 1. The van der Waals surface area contributed by atoms with Gasteiger partial charge in [0.1, 0.15) is 5.00 Å². The average molecular weight is 273 g/mol. The van der Waals surface area contributed by atoms with Crippen LogP contribution in [0.2, 0.25) is 0 Å². The first-order chi connectivity index (χ1) is 9.13. The van der Waals surface area contributed by atoms with E-state index in [1.54, 1.807) is 6.20 Å². The number of hydrogen-bond acceptors (Lipinski definition) is 4. The van der Waals surface area contributed by atoms with Gasteiger partial charge in [-0.25, -0.2) is 4.98 Å². The lowest BCUT2D eigenvalue weighted by Crippen LogP contribution is -2.11. The molecular weight excluding hydrogens is 258 g/mol. The number of hydrogen-bond donors (Lipinski definition) is 2. The van der Waals surface area contributed by atoms with Crippen molar-refractivity contribution in [2.24, 2.45) is 5.73 Å². The maximum atomic E-state index is 12.1. The van der Waals surface area contributed by atoms with Gasteiger partial charge in [0.05, 0.1) is 11.2 Å². The molecule has 19 heavy (non-hydrogen) atoms. The fraction of sp³-hybridized carbons (Fsp3) is 0.286. The normalized spacial score (nSPS) is 21.2. The molecule has 0 bridgehead atoms. The van der Waals surface area contributed by atoms with E-state index in [1.807, 2.05) is 31.2 Å². The van der Waals surface area contributed by atoms with Crippen molar-refractivity contribution < 1.29 is 4.79 Å². The Morgan fingerprint density at radius 3 is 2.95 bits per heavy atom. The van der Waals surface area contributed by atoms with Gasteiger partial charge in [0.15, 0.2) is 0 Å². The summed E-state index contributed by atoms with van der Waals surface area (Å²) in [5, 5.41) is 4.57.